The summed E-state index contributed by atoms with van der Waals surface area (Å²) in [5.74, 6) is 0.569. The zero-order valence-corrected chi connectivity index (χ0v) is 11.0. The summed E-state index contributed by atoms with van der Waals surface area (Å²) in [6.45, 7) is 0. The maximum atomic E-state index is 12.2. The molecule has 0 radical (unpaired) electrons. The van der Waals surface area contributed by atoms with Gasteiger partial charge >= 0.3 is 0 Å². The van der Waals surface area contributed by atoms with Crippen LogP contribution in [0.15, 0.2) is 47.5 Å². The number of fused-ring (bicyclic) bond motifs is 1. The Morgan fingerprint density at radius 3 is 2.75 bits per heavy atom. The summed E-state index contributed by atoms with van der Waals surface area (Å²) in [5.41, 5.74) is 0.966. The number of aliphatic imine (C=N–C) groups is 1. The summed E-state index contributed by atoms with van der Waals surface area (Å²) in [7, 11) is 0. The van der Waals surface area contributed by atoms with Crippen LogP contribution in [0.2, 0.25) is 0 Å². The van der Waals surface area contributed by atoms with Crippen LogP contribution in [0.5, 0.6) is 0 Å². The summed E-state index contributed by atoms with van der Waals surface area (Å²) in [6, 6.07) is 14.2. The molecule has 1 fully saturated rings. The Labute approximate surface area is 116 Å². The van der Waals surface area contributed by atoms with Gasteiger partial charge in [-0.15, -0.1) is 0 Å². The van der Waals surface area contributed by atoms with E-state index in [2.05, 4.69) is 27.8 Å². The molecule has 1 aliphatic heterocycles. The van der Waals surface area contributed by atoms with E-state index in [9.17, 15) is 4.79 Å². The highest BCUT2D eigenvalue weighted by Gasteiger charge is 2.31. The predicted molar refractivity (Wildman–Crippen MR) is 78.4 cm³/mol. The molecule has 0 aromatic heterocycles. The van der Waals surface area contributed by atoms with E-state index in [4.69, 9.17) is 0 Å². The van der Waals surface area contributed by atoms with Gasteiger partial charge < -0.3 is 5.32 Å². The minimum Gasteiger partial charge on any atom is -0.353 e. The highest BCUT2D eigenvalue weighted by molar-refractivity contribution is 6.07. The normalized spacial score (nSPS) is 21.7. The van der Waals surface area contributed by atoms with Crippen LogP contribution < -0.4 is 10.6 Å². The third-order valence-electron chi connectivity index (χ3n) is 3.78. The third-order valence-corrected chi connectivity index (χ3v) is 3.78. The molecule has 0 spiro atoms. The van der Waals surface area contributed by atoms with E-state index in [1.807, 2.05) is 30.3 Å². The molecule has 1 saturated carbocycles. The molecule has 2 N–H and O–H groups in total. The van der Waals surface area contributed by atoms with E-state index in [0.717, 1.165) is 29.2 Å². The second-order valence-corrected chi connectivity index (χ2v) is 5.36. The quantitative estimate of drug-likeness (QED) is 0.874. The fraction of sp³-hybridized carbons (Fsp3) is 0.250. The molecule has 2 aromatic rings. The van der Waals surface area contributed by atoms with Crippen molar-refractivity contribution in [3.63, 3.8) is 0 Å². The maximum absolute atomic E-state index is 12.2. The average Bonchev–Trinajstić information content (AvgIpc) is 3.20. The van der Waals surface area contributed by atoms with Gasteiger partial charge in [0, 0.05) is 6.04 Å². The monoisotopic (exact) mass is 265 g/mol. The molecule has 1 atom stereocenters. The number of nitrogens with one attached hydrogen (secondary N) is 2. The molecule has 1 heterocycles. The van der Waals surface area contributed by atoms with E-state index >= 15 is 0 Å². The Morgan fingerprint density at radius 2 is 1.90 bits per heavy atom. The van der Waals surface area contributed by atoms with Crippen LogP contribution in [0.3, 0.4) is 0 Å². The van der Waals surface area contributed by atoms with Crippen LogP contribution in [0.1, 0.15) is 24.4 Å². The van der Waals surface area contributed by atoms with Crippen molar-refractivity contribution in [2.75, 3.05) is 0 Å². The van der Waals surface area contributed by atoms with Crippen molar-refractivity contribution in [1.29, 1.82) is 0 Å². The van der Waals surface area contributed by atoms with Crippen molar-refractivity contribution in [2.45, 2.75) is 24.9 Å². The lowest BCUT2D eigenvalue weighted by molar-refractivity contribution is -0.120. The number of benzene rings is 2. The van der Waals surface area contributed by atoms with Crippen molar-refractivity contribution in [2.24, 2.45) is 4.99 Å². The molecular formula is C16H15N3O. The minimum absolute atomic E-state index is 0.0514. The summed E-state index contributed by atoms with van der Waals surface area (Å²) in [5, 5.41) is 8.31. The van der Waals surface area contributed by atoms with Crippen LogP contribution in [-0.4, -0.2) is 17.9 Å². The van der Waals surface area contributed by atoms with E-state index in [0.29, 0.717) is 12.0 Å². The van der Waals surface area contributed by atoms with Crippen molar-refractivity contribution >= 4 is 22.6 Å². The zero-order chi connectivity index (χ0) is 13.5. The Morgan fingerprint density at radius 1 is 1.10 bits per heavy atom. The fourth-order valence-electron chi connectivity index (χ4n) is 2.60. The molecule has 1 aliphatic carbocycles. The minimum atomic E-state index is -0.442. The first-order chi connectivity index (χ1) is 9.81. The topological polar surface area (TPSA) is 53.5 Å². The number of hydrogen-bond acceptors (Lipinski definition) is 3. The van der Waals surface area contributed by atoms with Gasteiger partial charge in [-0.2, -0.15) is 0 Å². The Kier molecular flexibility index (Phi) is 2.49. The molecule has 1 amide bonds. The second kappa shape index (κ2) is 4.34. The number of rotatable bonds is 2. The first-order valence-corrected chi connectivity index (χ1v) is 6.94. The molecule has 4 heteroatoms. The van der Waals surface area contributed by atoms with E-state index in [-0.39, 0.29) is 5.91 Å². The first kappa shape index (κ1) is 11.5. The largest absolute Gasteiger partial charge is 0.353 e. The lowest BCUT2D eigenvalue weighted by Gasteiger charge is -2.08. The number of amides is 1. The molecule has 2 aromatic carbocycles. The second-order valence-electron chi connectivity index (χ2n) is 5.36. The molecule has 1 unspecified atom stereocenters. The van der Waals surface area contributed by atoms with E-state index in [1.54, 1.807) is 0 Å². The molecule has 100 valence electrons. The van der Waals surface area contributed by atoms with Gasteiger partial charge in [0.2, 0.25) is 0 Å². The van der Waals surface area contributed by atoms with Crippen LogP contribution in [0, 0.1) is 0 Å². The number of carbonyl (C=O) groups excluding carboxylic acids is 1. The van der Waals surface area contributed by atoms with Crippen molar-refractivity contribution < 1.29 is 4.79 Å². The van der Waals surface area contributed by atoms with E-state index < -0.39 is 6.04 Å². The summed E-state index contributed by atoms with van der Waals surface area (Å²) in [6.07, 6.45) is 2.32. The maximum Gasteiger partial charge on any atom is 0.256 e. The SMILES string of the molecule is O=C1NC(NC2CC2)=NC1c1cccc2ccccc12. The fourth-order valence-corrected chi connectivity index (χ4v) is 2.60. The highest BCUT2D eigenvalue weighted by atomic mass is 16.2. The van der Waals surface area contributed by atoms with Gasteiger partial charge in [0.1, 0.15) is 0 Å². The molecule has 4 rings (SSSR count). The average molecular weight is 265 g/mol. The van der Waals surface area contributed by atoms with Crippen molar-refractivity contribution in [3.05, 3.63) is 48.0 Å². The summed E-state index contributed by atoms with van der Waals surface area (Å²) in [4.78, 5) is 16.7. The summed E-state index contributed by atoms with van der Waals surface area (Å²) >= 11 is 0. The van der Waals surface area contributed by atoms with Gasteiger partial charge in [-0.1, -0.05) is 42.5 Å². The lowest BCUT2D eigenvalue weighted by Crippen LogP contribution is -2.37. The molecule has 4 nitrogen and oxygen atoms in total. The van der Waals surface area contributed by atoms with Crippen molar-refractivity contribution in [1.82, 2.24) is 10.6 Å². The highest BCUT2D eigenvalue weighted by Crippen LogP contribution is 2.29. The Bertz CT molecular complexity index is 713. The van der Waals surface area contributed by atoms with Gasteiger partial charge in [-0.3, -0.25) is 10.1 Å². The van der Waals surface area contributed by atoms with Crippen LogP contribution in [0.25, 0.3) is 10.8 Å². The third kappa shape index (κ3) is 1.93. The van der Waals surface area contributed by atoms with Gasteiger partial charge in [-0.25, -0.2) is 4.99 Å². The standard InChI is InChI=1S/C16H15N3O/c20-15-14(18-16(19-15)17-11-8-9-11)13-7-3-5-10-4-1-2-6-12(10)13/h1-7,11,14H,8-9H2,(H2,17,18,19,20). The summed E-state index contributed by atoms with van der Waals surface area (Å²) < 4.78 is 0. The van der Waals surface area contributed by atoms with Crippen LogP contribution in [0.4, 0.5) is 0 Å². The van der Waals surface area contributed by atoms with Crippen molar-refractivity contribution in [3.8, 4) is 0 Å². The number of guanidine groups is 1. The number of nitrogens with zero attached hydrogens (tertiary/aromatic N) is 1. The number of hydrogen-bond donors (Lipinski definition) is 2. The van der Waals surface area contributed by atoms with Crippen LogP contribution >= 0.6 is 0 Å². The zero-order valence-electron chi connectivity index (χ0n) is 11.0. The molecular weight excluding hydrogens is 250 g/mol. The first-order valence-electron chi connectivity index (χ1n) is 6.94. The Balaban J connectivity index is 1.74. The van der Waals surface area contributed by atoms with Gasteiger partial charge in [0.15, 0.2) is 12.0 Å². The number of carbonyl (C=O) groups is 1. The van der Waals surface area contributed by atoms with Gasteiger partial charge in [-0.05, 0) is 29.2 Å². The molecule has 20 heavy (non-hydrogen) atoms. The predicted octanol–water partition coefficient (Wildman–Crippen LogP) is 2.12. The smallest absolute Gasteiger partial charge is 0.256 e. The molecule has 0 bridgehead atoms. The van der Waals surface area contributed by atoms with E-state index in [1.165, 1.54) is 0 Å². The lowest BCUT2D eigenvalue weighted by atomic mass is 9.99. The Hall–Kier alpha value is -2.36. The van der Waals surface area contributed by atoms with Gasteiger partial charge in [0.25, 0.3) is 5.91 Å². The van der Waals surface area contributed by atoms with Gasteiger partial charge in [0.05, 0.1) is 0 Å². The van der Waals surface area contributed by atoms with Crippen LogP contribution in [-0.2, 0) is 4.79 Å². The molecule has 0 saturated heterocycles. The molecule has 2 aliphatic rings.